The van der Waals surface area contributed by atoms with Crippen LogP contribution in [0.5, 0.6) is 0 Å². The van der Waals surface area contributed by atoms with Crippen LogP contribution in [-0.4, -0.2) is 0 Å². The van der Waals surface area contributed by atoms with Gasteiger partial charge >= 0.3 is 0 Å². The number of hydrogen-bond acceptors (Lipinski definition) is 2. The highest BCUT2D eigenvalue weighted by Gasteiger charge is 1.94. The average molecular weight is 117 g/mol. The molecule has 0 aromatic rings. The van der Waals surface area contributed by atoms with E-state index in [4.69, 9.17) is 5.14 Å². The van der Waals surface area contributed by atoms with Crippen LogP contribution in [0.3, 0.4) is 0 Å². The molecule has 0 aromatic heterocycles. The second kappa shape index (κ2) is 3.10. The Hall–Kier alpha value is 0.0500. The minimum Gasteiger partial charge on any atom is -0.274 e. The maximum atomic E-state index is 5.19. The Kier molecular flexibility index (Phi) is 3.13. The fourth-order valence-electron chi connectivity index (χ4n) is 0.136. The molecule has 0 saturated carbocycles. The molecule has 7 heavy (non-hydrogen) atoms. The smallest absolute Gasteiger partial charge is 0.00453 e. The Morgan fingerprint density at radius 1 is 1.71 bits per heavy atom. The van der Waals surface area contributed by atoms with Crippen molar-refractivity contribution in [1.82, 2.24) is 0 Å². The third kappa shape index (κ3) is 2.71. The van der Waals surface area contributed by atoms with E-state index >= 15 is 0 Å². The molecule has 0 saturated heterocycles. The maximum Gasteiger partial charge on any atom is -0.00453 e. The predicted octanol–water partition coefficient (Wildman–Crippen LogP) is 1.76. The summed E-state index contributed by atoms with van der Waals surface area (Å²) in [6.45, 7) is 7.85. The zero-order valence-corrected chi connectivity index (χ0v) is 5.59. The summed E-state index contributed by atoms with van der Waals surface area (Å²) in [7, 11) is 0. The number of allylic oxidation sites excluding steroid dienone is 1. The standard InChI is InChI=1S/C5H11NS/c1-4(2)5(3)7-6/h4H,3,6H2,1-2H3. The summed E-state index contributed by atoms with van der Waals surface area (Å²) in [6.07, 6.45) is 0. The summed E-state index contributed by atoms with van der Waals surface area (Å²) >= 11 is 1.24. The van der Waals surface area contributed by atoms with Gasteiger partial charge in [0.25, 0.3) is 0 Å². The molecule has 0 aliphatic rings. The van der Waals surface area contributed by atoms with Gasteiger partial charge in [-0.2, -0.15) is 0 Å². The molecular formula is C5H11NS. The van der Waals surface area contributed by atoms with Crippen molar-refractivity contribution in [2.75, 3.05) is 0 Å². The number of rotatable bonds is 2. The van der Waals surface area contributed by atoms with E-state index in [0.717, 1.165) is 4.91 Å². The second-order valence-electron chi connectivity index (χ2n) is 1.74. The molecule has 0 atom stereocenters. The van der Waals surface area contributed by atoms with Crippen molar-refractivity contribution in [3.63, 3.8) is 0 Å². The maximum absolute atomic E-state index is 5.19. The van der Waals surface area contributed by atoms with Crippen molar-refractivity contribution in [3.05, 3.63) is 11.5 Å². The minimum atomic E-state index is 0.509. The molecule has 0 rings (SSSR count). The highest BCUT2D eigenvalue weighted by atomic mass is 32.2. The van der Waals surface area contributed by atoms with E-state index in [0.29, 0.717) is 5.92 Å². The van der Waals surface area contributed by atoms with Crippen molar-refractivity contribution < 1.29 is 0 Å². The van der Waals surface area contributed by atoms with Gasteiger partial charge in [0.15, 0.2) is 0 Å². The van der Waals surface area contributed by atoms with Crippen LogP contribution in [-0.2, 0) is 0 Å². The van der Waals surface area contributed by atoms with Gasteiger partial charge in [-0.3, -0.25) is 5.14 Å². The van der Waals surface area contributed by atoms with Crippen LogP contribution < -0.4 is 5.14 Å². The zero-order valence-electron chi connectivity index (χ0n) is 4.77. The lowest BCUT2D eigenvalue weighted by Crippen LogP contribution is -1.89. The quantitative estimate of drug-likeness (QED) is 0.558. The van der Waals surface area contributed by atoms with Crippen molar-refractivity contribution in [3.8, 4) is 0 Å². The molecule has 0 bridgehead atoms. The molecule has 0 amide bonds. The number of hydrogen-bond donors (Lipinski definition) is 1. The van der Waals surface area contributed by atoms with Gasteiger partial charge in [-0.15, -0.1) is 0 Å². The lowest BCUT2D eigenvalue weighted by atomic mass is 10.2. The van der Waals surface area contributed by atoms with E-state index in [-0.39, 0.29) is 0 Å². The molecule has 2 N–H and O–H groups in total. The van der Waals surface area contributed by atoms with Crippen LogP contribution in [0, 0.1) is 5.92 Å². The first-order valence-electron chi connectivity index (χ1n) is 2.24. The van der Waals surface area contributed by atoms with Gasteiger partial charge in [0.05, 0.1) is 0 Å². The summed E-state index contributed by atoms with van der Waals surface area (Å²) in [5.41, 5.74) is 0. The summed E-state index contributed by atoms with van der Waals surface area (Å²) in [5.74, 6) is 0.509. The highest BCUT2D eigenvalue weighted by molar-refractivity contribution is 8.00. The number of nitrogens with two attached hydrogens (primary N) is 1. The molecule has 0 heterocycles. The topological polar surface area (TPSA) is 26.0 Å². The third-order valence-corrected chi connectivity index (χ3v) is 1.57. The normalized spacial score (nSPS) is 9.71. The summed E-state index contributed by atoms with van der Waals surface area (Å²) < 4.78 is 0. The van der Waals surface area contributed by atoms with Gasteiger partial charge in [0.2, 0.25) is 0 Å². The van der Waals surface area contributed by atoms with E-state index in [1.54, 1.807) is 0 Å². The van der Waals surface area contributed by atoms with Gasteiger partial charge in [-0.1, -0.05) is 32.4 Å². The fourth-order valence-corrected chi connectivity index (χ4v) is 0.408. The lowest BCUT2D eigenvalue weighted by Gasteiger charge is -2.01. The van der Waals surface area contributed by atoms with E-state index in [1.807, 2.05) is 0 Å². The molecular weight excluding hydrogens is 106 g/mol. The monoisotopic (exact) mass is 117 g/mol. The zero-order chi connectivity index (χ0) is 5.86. The van der Waals surface area contributed by atoms with E-state index in [9.17, 15) is 0 Å². The predicted molar refractivity (Wildman–Crippen MR) is 35.8 cm³/mol. The van der Waals surface area contributed by atoms with Crippen molar-refractivity contribution in [1.29, 1.82) is 0 Å². The highest BCUT2D eigenvalue weighted by Crippen LogP contribution is 2.14. The summed E-state index contributed by atoms with van der Waals surface area (Å²) in [5, 5.41) is 5.19. The lowest BCUT2D eigenvalue weighted by molar-refractivity contribution is 0.820. The largest absolute Gasteiger partial charge is 0.274 e. The second-order valence-corrected chi connectivity index (χ2v) is 2.50. The first kappa shape index (κ1) is 7.05. The van der Waals surface area contributed by atoms with Gasteiger partial charge in [0.1, 0.15) is 0 Å². The van der Waals surface area contributed by atoms with E-state index < -0.39 is 0 Å². The molecule has 42 valence electrons. The van der Waals surface area contributed by atoms with Gasteiger partial charge in [0, 0.05) is 0 Å². The molecule has 0 radical (unpaired) electrons. The summed E-state index contributed by atoms with van der Waals surface area (Å²) in [6, 6.07) is 0. The molecule has 0 unspecified atom stereocenters. The molecule has 0 aliphatic heterocycles. The van der Waals surface area contributed by atoms with Crippen LogP contribution in [0.2, 0.25) is 0 Å². The Morgan fingerprint density at radius 2 is 2.14 bits per heavy atom. The third-order valence-electron chi connectivity index (χ3n) is 0.795. The summed E-state index contributed by atoms with van der Waals surface area (Å²) in [4.78, 5) is 1.04. The Morgan fingerprint density at radius 3 is 2.14 bits per heavy atom. The van der Waals surface area contributed by atoms with Crippen molar-refractivity contribution in [2.45, 2.75) is 13.8 Å². The SMILES string of the molecule is C=C(SN)C(C)C. The van der Waals surface area contributed by atoms with Crippen molar-refractivity contribution in [2.24, 2.45) is 11.1 Å². The van der Waals surface area contributed by atoms with Crippen LogP contribution in [0.25, 0.3) is 0 Å². The van der Waals surface area contributed by atoms with Gasteiger partial charge < -0.3 is 0 Å². The molecule has 0 spiro atoms. The van der Waals surface area contributed by atoms with Crippen LogP contribution in [0.15, 0.2) is 11.5 Å². The fraction of sp³-hybridized carbons (Fsp3) is 0.600. The van der Waals surface area contributed by atoms with Crippen molar-refractivity contribution >= 4 is 11.9 Å². The Labute approximate surface area is 49.1 Å². The van der Waals surface area contributed by atoms with Crippen LogP contribution in [0.1, 0.15) is 13.8 Å². The first-order chi connectivity index (χ1) is 3.18. The molecule has 2 heteroatoms. The first-order valence-corrected chi connectivity index (χ1v) is 3.12. The Bertz CT molecular complexity index is 68.5. The van der Waals surface area contributed by atoms with Crippen LogP contribution in [0.4, 0.5) is 0 Å². The van der Waals surface area contributed by atoms with Gasteiger partial charge in [-0.05, 0) is 10.8 Å². The molecule has 0 aromatic carbocycles. The van der Waals surface area contributed by atoms with E-state index in [2.05, 4.69) is 20.4 Å². The molecule has 0 fully saturated rings. The average Bonchev–Trinajstić information content (AvgIpc) is 1.65. The van der Waals surface area contributed by atoms with Crippen LogP contribution >= 0.6 is 11.9 Å². The van der Waals surface area contributed by atoms with Gasteiger partial charge in [-0.25, -0.2) is 0 Å². The minimum absolute atomic E-state index is 0.509. The Balaban J connectivity index is 3.35. The molecule has 1 nitrogen and oxygen atoms in total. The molecule has 0 aliphatic carbocycles. The van der Waals surface area contributed by atoms with E-state index in [1.165, 1.54) is 11.9 Å².